The molecule has 0 aromatic heterocycles. The smallest absolute Gasteiger partial charge is 0 e. The molecule has 0 radical (unpaired) electrons. The summed E-state index contributed by atoms with van der Waals surface area (Å²) in [5, 5.41) is 0. The Morgan fingerprint density at radius 1 is 1.75 bits per heavy atom. The van der Waals surface area contributed by atoms with Crippen LogP contribution in [-0.4, -0.2) is 0 Å². The van der Waals surface area contributed by atoms with Crippen LogP contribution in [0, 0.1) is 6.58 Å². The molecule has 0 aliphatic heterocycles. The molecule has 0 rings (SSSR count). The van der Waals surface area contributed by atoms with E-state index in [0.717, 1.165) is 0 Å². The van der Waals surface area contributed by atoms with Gasteiger partial charge in [-0.25, -0.2) is 0 Å². The van der Waals surface area contributed by atoms with Gasteiger partial charge in [0.1, 0.15) is 0 Å². The van der Waals surface area contributed by atoms with Crippen LogP contribution in [-0.2, 0) is 21.7 Å². The molecule has 22 valence electrons. The summed E-state index contributed by atoms with van der Waals surface area (Å²) >= 11 is 0. The molecule has 0 N–H and O–H groups in total. The number of hydrogen-bond acceptors (Lipinski definition) is 0. The van der Waals surface area contributed by atoms with Crippen LogP contribution in [0.15, 0.2) is 6.08 Å². The molecule has 0 bridgehead atoms. The maximum Gasteiger partial charge on any atom is 0 e. The molecule has 0 aromatic carbocycles. The van der Waals surface area contributed by atoms with Gasteiger partial charge in [-0.15, -0.1) is 0 Å². The summed E-state index contributed by atoms with van der Waals surface area (Å²) in [6.07, 6.45) is 1.50. The zero-order valence-corrected chi connectivity index (χ0v) is 4.22. The first kappa shape index (κ1) is 8.82. The van der Waals surface area contributed by atoms with E-state index in [0.29, 0.717) is 0 Å². The van der Waals surface area contributed by atoms with Gasteiger partial charge in [0.05, 0.1) is 0 Å². The van der Waals surface area contributed by atoms with Crippen molar-refractivity contribution in [1.82, 2.24) is 0 Å². The van der Waals surface area contributed by atoms with E-state index in [1.807, 2.05) is 0 Å². The molecular formula is C3H5Ti-. The Labute approximate surface area is 41.8 Å². The van der Waals surface area contributed by atoms with Crippen molar-refractivity contribution in [1.29, 1.82) is 0 Å². The second kappa shape index (κ2) is 9.84. The normalized spacial score (nSPS) is 3.25. The van der Waals surface area contributed by atoms with E-state index in [2.05, 4.69) is 0 Å². The second-order valence-electron chi connectivity index (χ2n) is 0.333. The maximum absolute atomic E-state index is 4.72. The molecule has 0 nitrogen and oxygen atoms in total. The zero-order valence-electron chi connectivity index (χ0n) is 2.65. The van der Waals surface area contributed by atoms with Gasteiger partial charge in [-0.05, 0) is 0 Å². The Morgan fingerprint density at radius 3 is 1.75 bits per heavy atom. The van der Waals surface area contributed by atoms with Gasteiger partial charge in [0, 0.05) is 21.7 Å². The van der Waals surface area contributed by atoms with Gasteiger partial charge in [-0.1, -0.05) is 6.92 Å². The maximum atomic E-state index is 4.72. The van der Waals surface area contributed by atoms with Crippen LogP contribution in [0.3, 0.4) is 0 Å². The molecule has 0 aromatic rings. The Kier molecular flexibility index (Phi) is 21.7. The molecule has 0 aliphatic rings. The summed E-state index contributed by atoms with van der Waals surface area (Å²) in [6.45, 7) is 6.50. The van der Waals surface area contributed by atoms with Gasteiger partial charge >= 0.3 is 0 Å². The van der Waals surface area contributed by atoms with Crippen molar-refractivity contribution in [3.8, 4) is 0 Å². The predicted octanol–water partition coefficient (Wildman–Crippen LogP) is 0.993. The third kappa shape index (κ3) is 25.2. The first-order valence-electron chi connectivity index (χ1n) is 0.911. The minimum absolute atomic E-state index is 0. The molecule has 0 heterocycles. The van der Waals surface area contributed by atoms with Crippen LogP contribution in [0.1, 0.15) is 6.92 Å². The fourth-order valence-corrected chi connectivity index (χ4v) is 0. The van der Waals surface area contributed by atoms with Crippen LogP contribution < -0.4 is 0 Å². The van der Waals surface area contributed by atoms with Crippen molar-refractivity contribution in [2.24, 2.45) is 0 Å². The summed E-state index contributed by atoms with van der Waals surface area (Å²) in [5.41, 5.74) is 0. The van der Waals surface area contributed by atoms with Gasteiger partial charge < -0.3 is 6.58 Å². The van der Waals surface area contributed by atoms with Crippen LogP contribution in [0.25, 0.3) is 0 Å². The largest absolute Gasteiger partial charge is 0.518 e. The van der Waals surface area contributed by atoms with Crippen LogP contribution in [0.4, 0.5) is 0 Å². The summed E-state index contributed by atoms with van der Waals surface area (Å²) in [5.74, 6) is 0. The topological polar surface area (TPSA) is 0 Å². The van der Waals surface area contributed by atoms with Crippen molar-refractivity contribution in [2.75, 3.05) is 0 Å². The first-order chi connectivity index (χ1) is 1.41. The average molecular weight is 88.9 g/mol. The van der Waals surface area contributed by atoms with Crippen LogP contribution in [0.2, 0.25) is 0 Å². The van der Waals surface area contributed by atoms with Crippen molar-refractivity contribution < 1.29 is 21.7 Å². The fraction of sp³-hybridized carbons (Fsp3) is 0.333. The number of hydrogen-bond donors (Lipinski definition) is 0. The summed E-state index contributed by atoms with van der Waals surface area (Å²) in [6, 6.07) is 0. The first-order valence-corrected chi connectivity index (χ1v) is 0.911. The minimum atomic E-state index is 0. The van der Waals surface area contributed by atoms with Crippen molar-refractivity contribution >= 4 is 0 Å². The van der Waals surface area contributed by atoms with E-state index in [1.165, 1.54) is 6.08 Å². The molecule has 0 atom stereocenters. The summed E-state index contributed by atoms with van der Waals surface area (Å²) < 4.78 is 0. The Bertz CT molecular complexity index is 10.8. The molecule has 4 heavy (non-hydrogen) atoms. The zero-order chi connectivity index (χ0) is 2.71. The summed E-state index contributed by atoms with van der Waals surface area (Å²) in [4.78, 5) is 0. The van der Waals surface area contributed by atoms with Gasteiger partial charge in [0.2, 0.25) is 0 Å². The molecule has 1 heteroatoms. The predicted molar refractivity (Wildman–Crippen MR) is 14.5 cm³/mol. The molecule has 0 saturated heterocycles. The average Bonchev–Trinajstić information content (AvgIpc) is 0.918. The van der Waals surface area contributed by atoms with Gasteiger partial charge in [0.25, 0.3) is 0 Å². The quantitative estimate of drug-likeness (QED) is 0.306. The standard InChI is InChI=1S/C3H5.Ti/c1-3-2;/h1,3H,2H3;/q-1;. The van der Waals surface area contributed by atoms with E-state index in [4.69, 9.17) is 6.58 Å². The minimum Gasteiger partial charge on any atom is -0.518 e. The Morgan fingerprint density at radius 2 is 1.75 bits per heavy atom. The molecule has 0 aliphatic carbocycles. The molecule has 0 saturated carbocycles. The Balaban J connectivity index is 0. The van der Waals surface area contributed by atoms with Crippen molar-refractivity contribution in [3.63, 3.8) is 0 Å². The van der Waals surface area contributed by atoms with E-state index in [-0.39, 0.29) is 21.7 Å². The van der Waals surface area contributed by atoms with Gasteiger partial charge in [0.15, 0.2) is 0 Å². The molecular weight excluding hydrogens is 83.9 g/mol. The molecule has 0 fully saturated rings. The van der Waals surface area contributed by atoms with E-state index >= 15 is 0 Å². The van der Waals surface area contributed by atoms with Gasteiger partial charge in [-0.2, -0.15) is 0 Å². The fourth-order valence-electron chi connectivity index (χ4n) is 0. The third-order valence-electron chi connectivity index (χ3n) is 0. The van der Waals surface area contributed by atoms with Gasteiger partial charge in [-0.3, -0.25) is 6.08 Å². The third-order valence-corrected chi connectivity index (χ3v) is 0. The van der Waals surface area contributed by atoms with E-state index in [9.17, 15) is 0 Å². The molecule has 0 unspecified atom stereocenters. The SMILES string of the molecule is [CH-]=CC.[Ti]. The monoisotopic (exact) mass is 89.0 g/mol. The Hall–Kier alpha value is 0.454. The number of rotatable bonds is 0. The van der Waals surface area contributed by atoms with Crippen LogP contribution >= 0.6 is 0 Å². The van der Waals surface area contributed by atoms with E-state index < -0.39 is 0 Å². The van der Waals surface area contributed by atoms with Crippen LogP contribution in [0.5, 0.6) is 0 Å². The second-order valence-corrected chi connectivity index (χ2v) is 0.333. The van der Waals surface area contributed by atoms with Crippen molar-refractivity contribution in [2.45, 2.75) is 6.92 Å². The van der Waals surface area contributed by atoms with Crippen molar-refractivity contribution in [3.05, 3.63) is 12.7 Å². The van der Waals surface area contributed by atoms with E-state index in [1.54, 1.807) is 6.92 Å². The number of allylic oxidation sites excluding steroid dienone is 1. The summed E-state index contributed by atoms with van der Waals surface area (Å²) in [7, 11) is 0. The molecule has 0 spiro atoms. The molecule has 0 amide bonds.